The van der Waals surface area contributed by atoms with Crippen molar-refractivity contribution in [1.82, 2.24) is 4.72 Å². The molecule has 27 heavy (non-hydrogen) atoms. The van der Waals surface area contributed by atoms with Gasteiger partial charge in [0.25, 0.3) is 0 Å². The summed E-state index contributed by atoms with van der Waals surface area (Å²) in [5.41, 5.74) is 1.99. The molecular weight excluding hydrogens is 365 g/mol. The molecule has 0 amide bonds. The smallest absolute Gasteiger partial charge is 0.240 e. The molecule has 6 heteroatoms. The molecule has 0 aliphatic rings. The van der Waals surface area contributed by atoms with E-state index in [0.29, 0.717) is 0 Å². The lowest BCUT2D eigenvalue weighted by Gasteiger charge is -2.19. The Kier molecular flexibility index (Phi) is 5.88. The van der Waals surface area contributed by atoms with Gasteiger partial charge < -0.3 is 4.74 Å². The molecule has 0 fully saturated rings. The number of nitrogens with one attached hydrogen (secondary N) is 1. The first-order valence-electron chi connectivity index (χ1n) is 8.44. The van der Waals surface area contributed by atoms with Gasteiger partial charge in [0, 0.05) is 12.5 Å². The molecule has 3 aromatic rings. The summed E-state index contributed by atoms with van der Waals surface area (Å²) < 4.78 is 46.6. The molecule has 0 aromatic heterocycles. The third-order valence-electron chi connectivity index (χ3n) is 4.31. The van der Waals surface area contributed by atoms with E-state index in [1.807, 2.05) is 60.7 Å². The highest BCUT2D eigenvalue weighted by molar-refractivity contribution is 7.89. The zero-order valence-electron chi connectivity index (χ0n) is 14.8. The van der Waals surface area contributed by atoms with Crippen LogP contribution in [0.25, 0.3) is 0 Å². The number of methoxy groups -OCH3 is 1. The molecule has 0 saturated carbocycles. The topological polar surface area (TPSA) is 55.4 Å². The fourth-order valence-corrected chi connectivity index (χ4v) is 3.95. The average Bonchev–Trinajstić information content (AvgIpc) is 2.69. The number of sulfonamides is 1. The van der Waals surface area contributed by atoms with Crippen molar-refractivity contribution in [2.75, 3.05) is 13.7 Å². The van der Waals surface area contributed by atoms with Crippen molar-refractivity contribution in [3.8, 4) is 5.75 Å². The quantitative estimate of drug-likeness (QED) is 0.670. The summed E-state index contributed by atoms with van der Waals surface area (Å²) in [5, 5.41) is 0. The summed E-state index contributed by atoms with van der Waals surface area (Å²) in [5.74, 6) is -0.881. The highest BCUT2D eigenvalue weighted by Gasteiger charge is 2.20. The molecule has 0 unspecified atom stereocenters. The van der Waals surface area contributed by atoms with Gasteiger partial charge >= 0.3 is 0 Å². The molecule has 0 aliphatic carbocycles. The van der Waals surface area contributed by atoms with Crippen LogP contribution in [0.4, 0.5) is 4.39 Å². The zero-order chi connectivity index (χ0) is 19.3. The summed E-state index contributed by atoms with van der Waals surface area (Å²) in [6.07, 6.45) is 0. The Morgan fingerprint density at radius 1 is 0.926 bits per heavy atom. The monoisotopic (exact) mass is 385 g/mol. The minimum Gasteiger partial charge on any atom is -0.494 e. The maximum absolute atomic E-state index is 13.9. The summed E-state index contributed by atoms with van der Waals surface area (Å²) in [6.45, 7) is 0.157. The van der Waals surface area contributed by atoms with E-state index >= 15 is 0 Å². The fraction of sp³-hybridized carbons (Fsp3) is 0.143. The Morgan fingerprint density at radius 2 is 1.48 bits per heavy atom. The number of halogens is 1. The van der Waals surface area contributed by atoms with Crippen LogP contribution >= 0.6 is 0 Å². The molecular formula is C21H20FNO3S. The first-order chi connectivity index (χ1) is 13.0. The molecule has 0 radical (unpaired) electrons. The van der Waals surface area contributed by atoms with Gasteiger partial charge in [-0.15, -0.1) is 0 Å². The third kappa shape index (κ3) is 4.53. The second kappa shape index (κ2) is 8.33. The van der Waals surface area contributed by atoms with E-state index in [1.54, 1.807) is 0 Å². The van der Waals surface area contributed by atoms with E-state index in [4.69, 9.17) is 4.74 Å². The number of benzene rings is 3. The molecule has 0 aliphatic heterocycles. The predicted molar refractivity (Wildman–Crippen MR) is 103 cm³/mol. The van der Waals surface area contributed by atoms with Crippen LogP contribution in [0.2, 0.25) is 0 Å². The number of hydrogen-bond acceptors (Lipinski definition) is 3. The van der Waals surface area contributed by atoms with Gasteiger partial charge in [0.2, 0.25) is 10.0 Å². The van der Waals surface area contributed by atoms with Crippen molar-refractivity contribution >= 4 is 10.0 Å². The van der Waals surface area contributed by atoms with Crippen LogP contribution in [0.3, 0.4) is 0 Å². The number of hydrogen-bond donors (Lipinski definition) is 1. The minimum absolute atomic E-state index is 0.000368. The molecule has 3 aromatic carbocycles. The second-order valence-electron chi connectivity index (χ2n) is 6.02. The van der Waals surface area contributed by atoms with Crippen LogP contribution in [0.1, 0.15) is 17.0 Å². The molecule has 3 rings (SSSR count). The summed E-state index contributed by atoms with van der Waals surface area (Å²) in [6, 6.07) is 22.9. The van der Waals surface area contributed by atoms with E-state index in [2.05, 4.69) is 4.72 Å². The molecule has 0 heterocycles. The Labute approximate surface area is 158 Å². The summed E-state index contributed by atoms with van der Waals surface area (Å²) in [7, 11) is -2.54. The maximum Gasteiger partial charge on any atom is 0.240 e. The Morgan fingerprint density at radius 3 is 1.96 bits per heavy atom. The van der Waals surface area contributed by atoms with Crippen molar-refractivity contribution in [3.05, 3.63) is 95.8 Å². The van der Waals surface area contributed by atoms with Gasteiger partial charge in [-0.05, 0) is 29.3 Å². The van der Waals surface area contributed by atoms with Gasteiger partial charge in [0.15, 0.2) is 11.6 Å². The van der Waals surface area contributed by atoms with Crippen LogP contribution in [-0.2, 0) is 10.0 Å². The number of ether oxygens (including phenoxy) is 1. The largest absolute Gasteiger partial charge is 0.494 e. The van der Waals surface area contributed by atoms with Crippen molar-refractivity contribution < 1.29 is 17.5 Å². The Hall–Kier alpha value is -2.70. The van der Waals surface area contributed by atoms with Gasteiger partial charge in [-0.25, -0.2) is 17.5 Å². The Bertz CT molecular complexity index is 953. The SMILES string of the molecule is COc1ccc(S(=O)(=O)NCC(c2ccccc2)c2ccccc2)cc1F. The maximum atomic E-state index is 13.9. The second-order valence-corrected chi connectivity index (χ2v) is 7.79. The third-order valence-corrected chi connectivity index (χ3v) is 5.74. The van der Waals surface area contributed by atoms with E-state index in [1.165, 1.54) is 19.2 Å². The first kappa shape index (κ1) is 19.1. The van der Waals surface area contributed by atoms with Gasteiger partial charge in [0.05, 0.1) is 12.0 Å². The van der Waals surface area contributed by atoms with E-state index in [-0.39, 0.29) is 23.1 Å². The summed E-state index contributed by atoms with van der Waals surface area (Å²) >= 11 is 0. The van der Waals surface area contributed by atoms with Crippen molar-refractivity contribution in [1.29, 1.82) is 0 Å². The predicted octanol–water partition coefficient (Wildman–Crippen LogP) is 3.94. The van der Waals surface area contributed by atoms with Gasteiger partial charge in [0.1, 0.15) is 0 Å². The Balaban J connectivity index is 1.86. The van der Waals surface area contributed by atoms with Crippen LogP contribution in [0, 0.1) is 5.82 Å². The lowest BCUT2D eigenvalue weighted by atomic mass is 9.92. The van der Waals surface area contributed by atoms with Crippen LogP contribution in [-0.4, -0.2) is 22.1 Å². The summed E-state index contributed by atoms with van der Waals surface area (Å²) in [4.78, 5) is -0.138. The van der Waals surface area contributed by atoms with Crippen molar-refractivity contribution in [2.24, 2.45) is 0 Å². The lowest BCUT2D eigenvalue weighted by molar-refractivity contribution is 0.385. The van der Waals surface area contributed by atoms with Crippen LogP contribution < -0.4 is 9.46 Å². The van der Waals surface area contributed by atoms with Gasteiger partial charge in [-0.2, -0.15) is 0 Å². The minimum atomic E-state index is -3.86. The molecule has 1 N–H and O–H groups in total. The first-order valence-corrected chi connectivity index (χ1v) is 9.92. The molecule has 4 nitrogen and oxygen atoms in total. The fourth-order valence-electron chi connectivity index (χ4n) is 2.89. The molecule has 0 saturated heterocycles. The van der Waals surface area contributed by atoms with Crippen LogP contribution in [0.5, 0.6) is 5.75 Å². The van der Waals surface area contributed by atoms with Crippen molar-refractivity contribution in [2.45, 2.75) is 10.8 Å². The molecule has 0 bridgehead atoms. The molecule has 0 spiro atoms. The van der Waals surface area contributed by atoms with Gasteiger partial charge in [-0.1, -0.05) is 60.7 Å². The van der Waals surface area contributed by atoms with E-state index in [9.17, 15) is 12.8 Å². The standard InChI is InChI=1S/C21H20FNO3S/c1-26-21-13-12-18(14-20(21)22)27(24,25)23-15-19(16-8-4-2-5-9-16)17-10-6-3-7-11-17/h2-14,19,23H,15H2,1H3. The highest BCUT2D eigenvalue weighted by atomic mass is 32.2. The lowest BCUT2D eigenvalue weighted by Crippen LogP contribution is -2.29. The highest BCUT2D eigenvalue weighted by Crippen LogP contribution is 2.25. The van der Waals surface area contributed by atoms with Crippen LogP contribution in [0.15, 0.2) is 83.8 Å². The van der Waals surface area contributed by atoms with E-state index < -0.39 is 15.8 Å². The molecule has 140 valence electrons. The number of rotatable bonds is 7. The average molecular weight is 385 g/mol. The zero-order valence-corrected chi connectivity index (χ0v) is 15.6. The van der Waals surface area contributed by atoms with E-state index in [0.717, 1.165) is 17.2 Å². The van der Waals surface area contributed by atoms with Crippen molar-refractivity contribution in [3.63, 3.8) is 0 Å². The molecule has 0 atom stereocenters. The van der Waals surface area contributed by atoms with Gasteiger partial charge in [-0.3, -0.25) is 0 Å². The normalized spacial score (nSPS) is 11.5.